The summed E-state index contributed by atoms with van der Waals surface area (Å²) < 4.78 is 0. The molecule has 3 aliphatic rings. The van der Waals surface area contributed by atoms with E-state index in [1.165, 1.54) is 16.2 Å². The molecule has 36 heavy (non-hydrogen) atoms. The number of hydrogen-bond donors (Lipinski definition) is 1. The number of piperazine rings is 1. The fraction of sp³-hybridized carbons (Fsp3) is 0.407. The zero-order valence-electron chi connectivity index (χ0n) is 20.2. The summed E-state index contributed by atoms with van der Waals surface area (Å²) in [5, 5.41) is 5.14. The number of nitrogens with zero attached hydrogens (tertiary/aromatic N) is 3. The van der Waals surface area contributed by atoms with E-state index in [0.717, 1.165) is 10.4 Å². The number of benzene rings is 1. The molecule has 0 radical (unpaired) electrons. The average molecular weight is 507 g/mol. The van der Waals surface area contributed by atoms with Crippen molar-refractivity contribution in [1.82, 2.24) is 20.0 Å². The van der Waals surface area contributed by atoms with Crippen molar-refractivity contribution in [2.75, 3.05) is 32.7 Å². The number of nitrogens with one attached hydrogen (secondary N) is 1. The Hall–Kier alpha value is -3.30. The Morgan fingerprint density at radius 3 is 2.42 bits per heavy atom. The van der Waals surface area contributed by atoms with E-state index in [1.54, 1.807) is 16.7 Å². The molecule has 0 spiro atoms. The van der Waals surface area contributed by atoms with Gasteiger partial charge in [-0.05, 0) is 23.9 Å². The maximum atomic E-state index is 13.9. The number of carbonyl (C=O) groups excluding carboxylic acids is 4. The maximum Gasteiger partial charge on any atom is 0.246 e. The molecule has 3 aliphatic heterocycles. The lowest BCUT2D eigenvalue weighted by Gasteiger charge is -2.36. The SMILES string of the molecule is CCN1C(=O)C2C(C1=O)C(C(=O)N1CCNCC1)N(C(=O)Cc1cccs1)C2C=Cc1ccccc1. The maximum absolute atomic E-state index is 13.9. The van der Waals surface area contributed by atoms with Crippen molar-refractivity contribution >= 4 is 41.0 Å². The molecule has 0 saturated carbocycles. The molecule has 3 saturated heterocycles. The van der Waals surface area contributed by atoms with Gasteiger partial charge in [0.05, 0.1) is 24.3 Å². The molecule has 1 aromatic heterocycles. The van der Waals surface area contributed by atoms with Crippen LogP contribution in [0.25, 0.3) is 6.08 Å². The zero-order chi connectivity index (χ0) is 25.2. The monoisotopic (exact) mass is 506 g/mol. The highest BCUT2D eigenvalue weighted by Crippen LogP contribution is 2.44. The van der Waals surface area contributed by atoms with E-state index in [9.17, 15) is 19.2 Å². The van der Waals surface area contributed by atoms with Crippen LogP contribution in [0, 0.1) is 11.8 Å². The quantitative estimate of drug-likeness (QED) is 0.602. The number of amides is 4. The summed E-state index contributed by atoms with van der Waals surface area (Å²) in [4.78, 5) is 60.1. The van der Waals surface area contributed by atoms with Crippen LogP contribution in [0.5, 0.6) is 0 Å². The zero-order valence-corrected chi connectivity index (χ0v) is 21.0. The van der Waals surface area contributed by atoms with E-state index in [2.05, 4.69) is 5.32 Å². The van der Waals surface area contributed by atoms with E-state index >= 15 is 0 Å². The van der Waals surface area contributed by atoms with E-state index in [1.807, 2.05) is 60.0 Å². The van der Waals surface area contributed by atoms with Crippen molar-refractivity contribution in [2.45, 2.75) is 25.4 Å². The van der Waals surface area contributed by atoms with Crippen LogP contribution in [-0.2, 0) is 25.6 Å². The molecule has 3 fully saturated rings. The molecule has 8 nitrogen and oxygen atoms in total. The van der Waals surface area contributed by atoms with Gasteiger partial charge in [-0.2, -0.15) is 0 Å². The minimum absolute atomic E-state index is 0.123. The molecule has 2 aromatic rings. The Morgan fingerprint density at radius 1 is 1.03 bits per heavy atom. The van der Waals surface area contributed by atoms with Crippen molar-refractivity contribution in [3.8, 4) is 0 Å². The lowest BCUT2D eigenvalue weighted by Crippen LogP contribution is -2.57. The topological polar surface area (TPSA) is 90.0 Å². The third-order valence-corrected chi connectivity index (χ3v) is 8.17. The van der Waals surface area contributed by atoms with Gasteiger partial charge in [0.1, 0.15) is 6.04 Å². The Labute approximate surface area is 214 Å². The van der Waals surface area contributed by atoms with Gasteiger partial charge in [-0.15, -0.1) is 11.3 Å². The number of thiophene rings is 1. The van der Waals surface area contributed by atoms with Crippen LogP contribution in [0.3, 0.4) is 0 Å². The standard InChI is InChI=1S/C27H30N4O4S/c1-2-30-25(33)22-20(11-10-18-7-4-3-5-8-18)31(21(32)17-19-9-6-16-36-19)24(23(22)26(30)34)27(35)29-14-12-28-13-15-29/h3-11,16,20,22-24,28H,2,12-15,17H2,1H3. The van der Waals surface area contributed by atoms with Gasteiger partial charge < -0.3 is 15.1 Å². The number of imide groups is 1. The molecule has 5 rings (SSSR count). The van der Waals surface area contributed by atoms with Gasteiger partial charge in [0.15, 0.2) is 0 Å². The van der Waals surface area contributed by atoms with E-state index < -0.39 is 23.9 Å². The molecular formula is C27H30N4O4S. The summed E-state index contributed by atoms with van der Waals surface area (Å²) >= 11 is 1.47. The molecule has 4 unspecified atom stereocenters. The third-order valence-electron chi connectivity index (χ3n) is 7.30. The summed E-state index contributed by atoms with van der Waals surface area (Å²) in [6.45, 7) is 4.33. The lowest BCUT2D eigenvalue weighted by molar-refractivity contribution is -0.150. The highest BCUT2D eigenvalue weighted by molar-refractivity contribution is 7.10. The van der Waals surface area contributed by atoms with Crippen LogP contribution in [0.4, 0.5) is 0 Å². The molecule has 0 bridgehead atoms. The minimum Gasteiger partial charge on any atom is -0.338 e. The number of carbonyl (C=O) groups is 4. The Bertz CT molecular complexity index is 1160. The molecule has 4 atom stereocenters. The highest BCUT2D eigenvalue weighted by atomic mass is 32.1. The molecular weight excluding hydrogens is 476 g/mol. The summed E-state index contributed by atoms with van der Waals surface area (Å²) in [6.07, 6.45) is 3.82. The van der Waals surface area contributed by atoms with Gasteiger partial charge in [-0.3, -0.25) is 24.1 Å². The van der Waals surface area contributed by atoms with Gasteiger partial charge in [0.25, 0.3) is 0 Å². The normalized spacial score (nSPS) is 26.2. The van der Waals surface area contributed by atoms with Gasteiger partial charge in [0, 0.05) is 37.6 Å². The number of fused-ring (bicyclic) bond motifs is 1. The smallest absolute Gasteiger partial charge is 0.246 e. The first-order valence-corrected chi connectivity index (χ1v) is 13.3. The second-order valence-electron chi connectivity index (χ2n) is 9.31. The van der Waals surface area contributed by atoms with Crippen molar-refractivity contribution < 1.29 is 19.2 Å². The van der Waals surface area contributed by atoms with Crippen LogP contribution >= 0.6 is 11.3 Å². The van der Waals surface area contributed by atoms with E-state index in [4.69, 9.17) is 0 Å². The van der Waals surface area contributed by atoms with Crippen LogP contribution in [0.1, 0.15) is 17.4 Å². The summed E-state index contributed by atoms with van der Waals surface area (Å²) in [7, 11) is 0. The summed E-state index contributed by atoms with van der Waals surface area (Å²) in [5.74, 6) is -2.81. The Kier molecular flexibility index (Phi) is 7.02. The fourth-order valence-electron chi connectivity index (χ4n) is 5.61. The van der Waals surface area contributed by atoms with Gasteiger partial charge in [0.2, 0.25) is 23.6 Å². The Balaban J connectivity index is 1.57. The third kappa shape index (κ3) is 4.37. The molecule has 4 amide bonds. The first-order chi connectivity index (χ1) is 17.5. The van der Waals surface area contributed by atoms with Crippen molar-refractivity contribution in [2.24, 2.45) is 11.8 Å². The summed E-state index contributed by atoms with van der Waals surface area (Å²) in [5.41, 5.74) is 0.917. The first-order valence-electron chi connectivity index (χ1n) is 12.4. The van der Waals surface area contributed by atoms with Crippen LogP contribution in [-0.4, -0.2) is 83.1 Å². The Morgan fingerprint density at radius 2 is 1.75 bits per heavy atom. The van der Waals surface area contributed by atoms with E-state index in [0.29, 0.717) is 26.2 Å². The molecule has 1 N–H and O–H groups in total. The second kappa shape index (κ2) is 10.4. The number of likely N-dealkylation sites (tertiary alicyclic amines) is 2. The molecule has 9 heteroatoms. The van der Waals surface area contributed by atoms with E-state index in [-0.39, 0.29) is 36.6 Å². The lowest BCUT2D eigenvalue weighted by atomic mass is 9.88. The van der Waals surface area contributed by atoms with Gasteiger partial charge in [-0.25, -0.2) is 0 Å². The fourth-order valence-corrected chi connectivity index (χ4v) is 6.31. The minimum atomic E-state index is -1.00. The summed E-state index contributed by atoms with van der Waals surface area (Å²) in [6, 6.07) is 11.7. The van der Waals surface area contributed by atoms with Crippen molar-refractivity contribution in [3.63, 3.8) is 0 Å². The predicted molar refractivity (Wildman–Crippen MR) is 137 cm³/mol. The average Bonchev–Trinajstić information content (AvgIpc) is 3.59. The number of hydrogen-bond acceptors (Lipinski definition) is 6. The van der Waals surface area contributed by atoms with Gasteiger partial charge in [-0.1, -0.05) is 48.6 Å². The van der Waals surface area contributed by atoms with Crippen LogP contribution in [0.2, 0.25) is 0 Å². The largest absolute Gasteiger partial charge is 0.338 e. The van der Waals surface area contributed by atoms with Crippen LogP contribution in [0.15, 0.2) is 53.9 Å². The number of rotatable bonds is 6. The molecule has 188 valence electrons. The highest BCUT2D eigenvalue weighted by Gasteiger charge is 2.64. The first kappa shape index (κ1) is 24.4. The molecule has 1 aromatic carbocycles. The van der Waals surface area contributed by atoms with Crippen molar-refractivity contribution in [1.29, 1.82) is 0 Å². The predicted octanol–water partition coefficient (Wildman–Crippen LogP) is 1.64. The van der Waals surface area contributed by atoms with Gasteiger partial charge >= 0.3 is 0 Å². The second-order valence-corrected chi connectivity index (χ2v) is 10.3. The molecule has 0 aliphatic carbocycles. The van der Waals surface area contributed by atoms with Crippen molar-refractivity contribution in [3.05, 3.63) is 64.4 Å². The molecule has 4 heterocycles. The van der Waals surface area contributed by atoms with Crippen LogP contribution < -0.4 is 5.32 Å².